The highest BCUT2D eigenvalue weighted by Crippen LogP contribution is 2.28. The minimum Gasteiger partial charge on any atom is -0.322 e. The van der Waals surface area contributed by atoms with Crippen LogP contribution >= 0.6 is 23.2 Å². The Morgan fingerprint density at radius 3 is 2.14 bits per heavy atom. The average Bonchev–Trinajstić information content (AvgIpc) is 2.65. The van der Waals surface area contributed by atoms with E-state index in [1.807, 2.05) is 19.1 Å². The van der Waals surface area contributed by atoms with Crippen molar-refractivity contribution in [1.29, 1.82) is 0 Å². The second kappa shape index (κ2) is 8.22. The van der Waals surface area contributed by atoms with Gasteiger partial charge in [-0.15, -0.1) is 0 Å². The Bertz CT molecular complexity index is 1110. The molecule has 3 aromatic carbocycles. The van der Waals surface area contributed by atoms with Crippen LogP contribution in [0, 0.1) is 6.92 Å². The Morgan fingerprint density at radius 1 is 0.893 bits per heavy atom. The summed E-state index contributed by atoms with van der Waals surface area (Å²) in [4.78, 5) is 12.3. The van der Waals surface area contributed by atoms with Crippen LogP contribution in [-0.2, 0) is 10.0 Å². The van der Waals surface area contributed by atoms with Gasteiger partial charge in [-0.2, -0.15) is 0 Å². The van der Waals surface area contributed by atoms with E-state index in [2.05, 4.69) is 10.0 Å². The summed E-state index contributed by atoms with van der Waals surface area (Å²) in [6.07, 6.45) is 0. The molecule has 0 atom stereocenters. The summed E-state index contributed by atoms with van der Waals surface area (Å²) < 4.78 is 27.5. The number of anilines is 2. The predicted molar refractivity (Wildman–Crippen MR) is 113 cm³/mol. The number of halogens is 2. The molecule has 3 rings (SSSR count). The van der Waals surface area contributed by atoms with Crippen LogP contribution in [0.15, 0.2) is 71.6 Å². The van der Waals surface area contributed by atoms with Gasteiger partial charge in [-0.3, -0.25) is 9.52 Å². The molecule has 144 valence electrons. The SMILES string of the molecule is Cc1ccc(C(=O)Nc2ccc(S(=O)(=O)Nc3ccc(Cl)cc3Cl)cc2)cc1. The first-order chi connectivity index (χ1) is 13.2. The maximum absolute atomic E-state index is 12.5. The summed E-state index contributed by atoms with van der Waals surface area (Å²) in [5.41, 5.74) is 2.28. The zero-order valence-electron chi connectivity index (χ0n) is 14.7. The largest absolute Gasteiger partial charge is 0.322 e. The number of carbonyl (C=O) groups excluding carboxylic acids is 1. The third kappa shape index (κ3) is 4.84. The molecular formula is C20H16Cl2N2O3S. The van der Waals surface area contributed by atoms with Crippen molar-refractivity contribution < 1.29 is 13.2 Å². The van der Waals surface area contributed by atoms with Gasteiger partial charge in [0.15, 0.2) is 0 Å². The molecule has 3 aromatic rings. The third-order valence-electron chi connectivity index (χ3n) is 3.91. The zero-order chi connectivity index (χ0) is 20.3. The van der Waals surface area contributed by atoms with Crippen molar-refractivity contribution in [2.75, 3.05) is 10.0 Å². The van der Waals surface area contributed by atoms with Gasteiger partial charge in [0, 0.05) is 16.3 Å². The quantitative estimate of drug-likeness (QED) is 0.567. The van der Waals surface area contributed by atoms with Crippen LogP contribution in [-0.4, -0.2) is 14.3 Å². The lowest BCUT2D eigenvalue weighted by Gasteiger charge is -2.11. The van der Waals surface area contributed by atoms with E-state index in [9.17, 15) is 13.2 Å². The second-order valence-electron chi connectivity index (χ2n) is 6.07. The van der Waals surface area contributed by atoms with Crippen molar-refractivity contribution >= 4 is 50.5 Å². The van der Waals surface area contributed by atoms with Crippen molar-refractivity contribution in [2.24, 2.45) is 0 Å². The van der Waals surface area contributed by atoms with E-state index in [0.717, 1.165) is 5.56 Å². The van der Waals surface area contributed by atoms with Crippen molar-refractivity contribution in [1.82, 2.24) is 0 Å². The fourth-order valence-electron chi connectivity index (χ4n) is 2.40. The summed E-state index contributed by atoms with van der Waals surface area (Å²) in [5.74, 6) is -0.276. The van der Waals surface area contributed by atoms with Crippen LogP contribution in [0.1, 0.15) is 15.9 Å². The molecule has 0 heterocycles. The van der Waals surface area contributed by atoms with Crippen molar-refractivity contribution in [3.63, 3.8) is 0 Å². The van der Waals surface area contributed by atoms with Gasteiger partial charge in [0.1, 0.15) is 0 Å². The first kappa shape index (κ1) is 20.2. The van der Waals surface area contributed by atoms with Gasteiger partial charge in [-0.05, 0) is 61.5 Å². The molecule has 0 fully saturated rings. The van der Waals surface area contributed by atoms with Crippen molar-refractivity contribution in [3.05, 3.63) is 87.9 Å². The summed E-state index contributed by atoms with van der Waals surface area (Å²) in [5, 5.41) is 3.33. The Hall–Kier alpha value is -2.54. The van der Waals surface area contributed by atoms with Gasteiger partial charge in [-0.25, -0.2) is 8.42 Å². The molecule has 0 saturated heterocycles. The van der Waals surface area contributed by atoms with Crippen LogP contribution in [0.4, 0.5) is 11.4 Å². The van der Waals surface area contributed by atoms with Crippen molar-refractivity contribution in [2.45, 2.75) is 11.8 Å². The molecule has 0 saturated carbocycles. The van der Waals surface area contributed by atoms with E-state index < -0.39 is 10.0 Å². The summed E-state index contributed by atoms with van der Waals surface area (Å²) >= 11 is 11.8. The van der Waals surface area contributed by atoms with Crippen LogP contribution in [0.3, 0.4) is 0 Å². The van der Waals surface area contributed by atoms with Crippen molar-refractivity contribution in [3.8, 4) is 0 Å². The topological polar surface area (TPSA) is 75.3 Å². The van der Waals surface area contributed by atoms with Gasteiger partial charge in [0.2, 0.25) is 0 Å². The van der Waals surface area contributed by atoms with Crippen LogP contribution < -0.4 is 10.0 Å². The Labute approximate surface area is 173 Å². The number of benzene rings is 3. The van der Waals surface area contributed by atoms with Gasteiger partial charge >= 0.3 is 0 Å². The first-order valence-electron chi connectivity index (χ1n) is 8.20. The standard InChI is InChI=1S/C20H16Cl2N2O3S/c1-13-2-4-14(5-3-13)20(25)23-16-7-9-17(10-8-16)28(26,27)24-19-11-6-15(21)12-18(19)22/h2-12,24H,1H3,(H,23,25). The monoisotopic (exact) mass is 434 g/mol. The summed E-state index contributed by atoms with van der Waals surface area (Å²) in [6.45, 7) is 1.94. The molecule has 0 aromatic heterocycles. The second-order valence-corrected chi connectivity index (χ2v) is 8.60. The van der Waals surface area contributed by atoms with Gasteiger partial charge in [0.05, 0.1) is 15.6 Å². The fraction of sp³-hybridized carbons (Fsp3) is 0.0500. The van der Waals surface area contributed by atoms with E-state index in [1.165, 1.54) is 42.5 Å². The smallest absolute Gasteiger partial charge is 0.261 e. The molecule has 0 aliphatic carbocycles. The molecule has 0 aliphatic heterocycles. The number of carbonyl (C=O) groups is 1. The van der Waals surface area contributed by atoms with Gasteiger partial charge in [-0.1, -0.05) is 40.9 Å². The summed E-state index contributed by atoms with van der Waals surface area (Å²) in [6, 6.07) is 17.4. The highest BCUT2D eigenvalue weighted by Gasteiger charge is 2.16. The molecule has 8 heteroatoms. The number of aryl methyl sites for hydroxylation is 1. The highest BCUT2D eigenvalue weighted by atomic mass is 35.5. The minimum absolute atomic E-state index is 0.0341. The Balaban J connectivity index is 1.74. The maximum Gasteiger partial charge on any atom is 0.261 e. The highest BCUT2D eigenvalue weighted by molar-refractivity contribution is 7.92. The van der Waals surface area contributed by atoms with E-state index in [0.29, 0.717) is 16.3 Å². The number of nitrogens with one attached hydrogen (secondary N) is 2. The maximum atomic E-state index is 12.5. The molecule has 5 nitrogen and oxygen atoms in total. The normalized spacial score (nSPS) is 11.1. The summed E-state index contributed by atoms with van der Waals surface area (Å²) in [7, 11) is -3.84. The minimum atomic E-state index is -3.84. The van der Waals surface area contributed by atoms with E-state index in [-0.39, 0.29) is 21.5 Å². The lowest BCUT2D eigenvalue weighted by molar-refractivity contribution is 0.102. The van der Waals surface area contributed by atoms with Gasteiger partial charge in [0.25, 0.3) is 15.9 Å². The number of hydrogen-bond donors (Lipinski definition) is 2. The number of hydrogen-bond acceptors (Lipinski definition) is 3. The molecule has 0 radical (unpaired) electrons. The van der Waals surface area contributed by atoms with Crippen LogP contribution in [0.25, 0.3) is 0 Å². The lowest BCUT2D eigenvalue weighted by atomic mass is 10.1. The predicted octanol–water partition coefficient (Wildman–Crippen LogP) is 5.35. The molecule has 1 amide bonds. The van der Waals surface area contributed by atoms with Crippen LogP contribution in [0.5, 0.6) is 0 Å². The molecule has 28 heavy (non-hydrogen) atoms. The molecule has 2 N–H and O–H groups in total. The molecular weight excluding hydrogens is 419 g/mol. The Kier molecular flexibility index (Phi) is 5.93. The van der Waals surface area contributed by atoms with Crippen LogP contribution in [0.2, 0.25) is 10.0 Å². The van der Waals surface area contributed by atoms with E-state index in [1.54, 1.807) is 12.1 Å². The fourth-order valence-corrected chi connectivity index (χ4v) is 3.99. The molecule has 0 spiro atoms. The average molecular weight is 435 g/mol. The lowest BCUT2D eigenvalue weighted by Crippen LogP contribution is -2.14. The van der Waals surface area contributed by atoms with Gasteiger partial charge < -0.3 is 5.32 Å². The Morgan fingerprint density at radius 2 is 1.54 bits per heavy atom. The number of rotatable bonds is 5. The third-order valence-corrected chi connectivity index (χ3v) is 5.84. The molecule has 0 unspecified atom stereocenters. The zero-order valence-corrected chi connectivity index (χ0v) is 17.1. The number of sulfonamides is 1. The molecule has 0 bridgehead atoms. The first-order valence-corrected chi connectivity index (χ1v) is 10.4. The van der Waals surface area contributed by atoms with E-state index in [4.69, 9.17) is 23.2 Å². The molecule has 0 aliphatic rings. The number of amides is 1. The van der Waals surface area contributed by atoms with E-state index >= 15 is 0 Å².